The number of ether oxygens (including phenoxy) is 1. The molecule has 0 bridgehead atoms. The summed E-state index contributed by atoms with van der Waals surface area (Å²) in [7, 11) is 0. The topological polar surface area (TPSA) is 88.8 Å². The Hall–Kier alpha value is -2.77. The molecule has 0 aliphatic carbocycles. The molecule has 0 radical (unpaired) electrons. The predicted octanol–water partition coefficient (Wildman–Crippen LogP) is 1.45. The van der Waals surface area contributed by atoms with Gasteiger partial charge in [-0.25, -0.2) is 0 Å². The van der Waals surface area contributed by atoms with Crippen molar-refractivity contribution in [3.8, 4) is 11.1 Å². The molecule has 1 aromatic heterocycles. The van der Waals surface area contributed by atoms with Gasteiger partial charge in [-0.05, 0) is 30.2 Å². The standard InChI is InChI=1S/C21H24N4O3/c22-21(27)16-4-1-3-15(11-16)17-5-6-18(23-12-17)19-13-24(9-10-28-19)14-20(26)25-7-2-8-25/h1,3-6,11-12,19H,2,7-10,13-14H2,(H2,22,27)/t19-/m0/s1. The number of benzene rings is 1. The first-order valence-corrected chi connectivity index (χ1v) is 9.58. The average Bonchev–Trinajstić information content (AvgIpc) is 2.67. The van der Waals surface area contributed by atoms with E-state index in [0.29, 0.717) is 25.3 Å². The minimum Gasteiger partial charge on any atom is -0.369 e. The smallest absolute Gasteiger partial charge is 0.248 e. The van der Waals surface area contributed by atoms with Crippen LogP contribution in [0.3, 0.4) is 0 Å². The first-order chi connectivity index (χ1) is 13.6. The highest BCUT2D eigenvalue weighted by Gasteiger charge is 2.27. The number of nitrogens with zero attached hydrogens (tertiary/aromatic N) is 3. The van der Waals surface area contributed by atoms with Crippen molar-refractivity contribution in [2.24, 2.45) is 5.73 Å². The van der Waals surface area contributed by atoms with Gasteiger partial charge in [0.15, 0.2) is 0 Å². The summed E-state index contributed by atoms with van der Waals surface area (Å²) < 4.78 is 5.88. The highest BCUT2D eigenvalue weighted by Crippen LogP contribution is 2.24. The van der Waals surface area contributed by atoms with Crippen LogP contribution in [0.15, 0.2) is 42.6 Å². The third kappa shape index (κ3) is 4.05. The molecule has 2 aromatic rings. The quantitative estimate of drug-likeness (QED) is 0.848. The summed E-state index contributed by atoms with van der Waals surface area (Å²) in [6.45, 7) is 4.20. The molecule has 1 aromatic carbocycles. The fraction of sp³-hybridized carbons (Fsp3) is 0.381. The molecule has 7 heteroatoms. The van der Waals surface area contributed by atoms with Crippen molar-refractivity contribution in [3.05, 3.63) is 53.9 Å². The molecule has 28 heavy (non-hydrogen) atoms. The number of likely N-dealkylation sites (tertiary alicyclic amines) is 1. The highest BCUT2D eigenvalue weighted by molar-refractivity contribution is 5.94. The Labute approximate surface area is 164 Å². The van der Waals surface area contributed by atoms with E-state index < -0.39 is 5.91 Å². The molecule has 2 aliphatic rings. The second-order valence-electron chi connectivity index (χ2n) is 7.25. The van der Waals surface area contributed by atoms with Crippen LogP contribution in [0.4, 0.5) is 0 Å². The second-order valence-corrected chi connectivity index (χ2v) is 7.25. The van der Waals surface area contributed by atoms with Crippen LogP contribution >= 0.6 is 0 Å². The average molecular weight is 380 g/mol. The summed E-state index contributed by atoms with van der Waals surface area (Å²) in [6.07, 6.45) is 2.74. The molecule has 1 atom stereocenters. The van der Waals surface area contributed by atoms with Crippen molar-refractivity contribution in [3.63, 3.8) is 0 Å². The summed E-state index contributed by atoms with van der Waals surface area (Å²) in [5, 5.41) is 0. The number of primary amides is 1. The van der Waals surface area contributed by atoms with Crippen molar-refractivity contribution in [1.29, 1.82) is 0 Å². The van der Waals surface area contributed by atoms with Gasteiger partial charge in [-0.3, -0.25) is 19.5 Å². The first kappa shape index (κ1) is 18.6. The molecule has 2 amide bonds. The Kier molecular flexibility index (Phi) is 5.36. The lowest BCUT2D eigenvalue weighted by Crippen LogP contribution is -2.49. The largest absolute Gasteiger partial charge is 0.369 e. The van der Waals surface area contributed by atoms with Gasteiger partial charge in [-0.15, -0.1) is 0 Å². The Balaban J connectivity index is 1.42. The minimum atomic E-state index is -0.449. The Bertz CT molecular complexity index is 864. The molecule has 4 rings (SSSR count). The molecule has 3 heterocycles. The molecule has 146 valence electrons. The first-order valence-electron chi connectivity index (χ1n) is 9.58. The molecule has 0 unspecified atom stereocenters. The van der Waals surface area contributed by atoms with Crippen molar-refractivity contribution in [2.45, 2.75) is 12.5 Å². The van der Waals surface area contributed by atoms with Crippen molar-refractivity contribution >= 4 is 11.8 Å². The molecule has 2 saturated heterocycles. The van der Waals surface area contributed by atoms with Gasteiger partial charge >= 0.3 is 0 Å². The number of carbonyl (C=O) groups is 2. The molecular weight excluding hydrogens is 356 g/mol. The van der Waals surface area contributed by atoms with Crippen LogP contribution in [-0.2, 0) is 9.53 Å². The Morgan fingerprint density at radius 1 is 1.14 bits per heavy atom. The van der Waals surface area contributed by atoms with Gasteiger partial charge in [0.2, 0.25) is 11.8 Å². The van der Waals surface area contributed by atoms with Crippen LogP contribution in [0.25, 0.3) is 11.1 Å². The van der Waals surface area contributed by atoms with Crippen LogP contribution in [0, 0.1) is 0 Å². The van der Waals surface area contributed by atoms with Gasteiger partial charge in [0.25, 0.3) is 0 Å². The fourth-order valence-electron chi connectivity index (χ4n) is 3.50. The minimum absolute atomic E-state index is 0.149. The fourth-order valence-corrected chi connectivity index (χ4v) is 3.50. The number of carbonyl (C=O) groups excluding carboxylic acids is 2. The van der Waals surface area contributed by atoms with Gasteiger partial charge in [-0.1, -0.05) is 18.2 Å². The van der Waals surface area contributed by atoms with E-state index in [4.69, 9.17) is 10.5 Å². The molecule has 2 fully saturated rings. The lowest BCUT2D eigenvalue weighted by atomic mass is 10.0. The van der Waals surface area contributed by atoms with Crippen molar-refractivity contribution < 1.29 is 14.3 Å². The molecular formula is C21H24N4O3. The van der Waals surface area contributed by atoms with E-state index in [1.54, 1.807) is 24.4 Å². The van der Waals surface area contributed by atoms with Gasteiger partial charge in [0, 0.05) is 43.5 Å². The highest BCUT2D eigenvalue weighted by atomic mass is 16.5. The van der Waals surface area contributed by atoms with Gasteiger partial charge in [-0.2, -0.15) is 0 Å². The normalized spacial score (nSPS) is 19.9. The predicted molar refractivity (Wildman–Crippen MR) is 105 cm³/mol. The van der Waals surface area contributed by atoms with Crippen LogP contribution in [-0.4, -0.2) is 65.9 Å². The zero-order valence-corrected chi connectivity index (χ0v) is 15.7. The molecule has 2 aliphatic heterocycles. The third-order valence-electron chi connectivity index (χ3n) is 5.31. The maximum absolute atomic E-state index is 12.2. The zero-order valence-electron chi connectivity index (χ0n) is 15.7. The maximum atomic E-state index is 12.2. The van der Waals surface area contributed by atoms with Crippen molar-refractivity contribution in [2.75, 3.05) is 39.3 Å². The number of nitrogens with two attached hydrogens (primary N) is 1. The molecule has 2 N–H and O–H groups in total. The van der Waals surface area contributed by atoms with E-state index in [2.05, 4.69) is 9.88 Å². The lowest BCUT2D eigenvalue weighted by molar-refractivity contribution is -0.137. The molecule has 7 nitrogen and oxygen atoms in total. The number of hydrogen-bond acceptors (Lipinski definition) is 5. The number of hydrogen-bond donors (Lipinski definition) is 1. The summed E-state index contributed by atoms with van der Waals surface area (Å²) >= 11 is 0. The number of rotatable bonds is 5. The van der Waals surface area contributed by atoms with Crippen LogP contribution in [0.5, 0.6) is 0 Å². The van der Waals surface area contributed by atoms with E-state index in [9.17, 15) is 9.59 Å². The van der Waals surface area contributed by atoms with Crippen LogP contribution < -0.4 is 5.73 Å². The van der Waals surface area contributed by atoms with E-state index in [1.165, 1.54) is 0 Å². The summed E-state index contributed by atoms with van der Waals surface area (Å²) in [5.74, 6) is -0.251. The van der Waals surface area contributed by atoms with E-state index in [0.717, 1.165) is 42.9 Å². The number of amides is 2. The Morgan fingerprint density at radius 3 is 2.68 bits per heavy atom. The molecule has 0 spiro atoms. The van der Waals surface area contributed by atoms with Gasteiger partial charge < -0.3 is 15.4 Å². The Morgan fingerprint density at radius 2 is 2.00 bits per heavy atom. The summed E-state index contributed by atoms with van der Waals surface area (Å²) in [4.78, 5) is 32.2. The van der Waals surface area contributed by atoms with E-state index in [-0.39, 0.29) is 12.0 Å². The summed E-state index contributed by atoms with van der Waals surface area (Å²) in [5.41, 5.74) is 8.47. The lowest BCUT2D eigenvalue weighted by Gasteiger charge is -2.36. The van der Waals surface area contributed by atoms with Crippen molar-refractivity contribution in [1.82, 2.24) is 14.8 Å². The van der Waals surface area contributed by atoms with Crippen LogP contribution in [0.2, 0.25) is 0 Å². The van der Waals surface area contributed by atoms with Gasteiger partial charge in [0.05, 0.1) is 18.8 Å². The number of pyridine rings is 1. The third-order valence-corrected chi connectivity index (χ3v) is 5.31. The monoisotopic (exact) mass is 380 g/mol. The molecule has 0 saturated carbocycles. The SMILES string of the molecule is NC(=O)c1cccc(-c2ccc([C@@H]3CN(CC(=O)N4CCC4)CCO3)nc2)c1. The number of morpholine rings is 1. The second kappa shape index (κ2) is 8.08. The van der Waals surface area contributed by atoms with E-state index in [1.807, 2.05) is 23.1 Å². The summed E-state index contributed by atoms with van der Waals surface area (Å²) in [6, 6.07) is 11.1. The number of aromatic nitrogens is 1. The van der Waals surface area contributed by atoms with Crippen LogP contribution in [0.1, 0.15) is 28.6 Å². The zero-order chi connectivity index (χ0) is 19.5. The van der Waals surface area contributed by atoms with E-state index >= 15 is 0 Å². The van der Waals surface area contributed by atoms with Gasteiger partial charge in [0.1, 0.15) is 6.10 Å². The maximum Gasteiger partial charge on any atom is 0.248 e.